The minimum absolute atomic E-state index is 1.11. The van der Waals surface area contributed by atoms with Gasteiger partial charge in [0.15, 0.2) is 0 Å². The average Bonchev–Trinajstić information content (AvgIpc) is 2.57. The smallest absolute Gasteiger partial charge is 0.0489 e. The lowest BCUT2D eigenvalue weighted by molar-refractivity contribution is 0.857. The molecular weight excluding hydrogens is 138 g/mol. The summed E-state index contributed by atoms with van der Waals surface area (Å²) in [6.45, 7) is 4.47. The Labute approximate surface area is 67.2 Å². The Morgan fingerprint density at radius 2 is 2.09 bits per heavy atom. The standard InChI is InChI=1S/C4H6N2.C4H9N/c1-4-2-3-5-6-4;1-2-4-5-3-1/h2-3H,1H3,(H,5,6);5H,1-4H2. The molecule has 0 spiro atoms. The molecule has 1 aromatic rings. The van der Waals surface area contributed by atoms with Crippen molar-refractivity contribution in [2.75, 3.05) is 13.1 Å². The monoisotopic (exact) mass is 153 g/mol. The zero-order valence-electron chi connectivity index (χ0n) is 6.93. The molecule has 1 aliphatic rings. The number of aromatic nitrogens is 2. The molecule has 11 heavy (non-hydrogen) atoms. The minimum Gasteiger partial charge on any atom is -0.317 e. The molecular formula is C8H15N3. The Hall–Kier alpha value is -0.830. The maximum absolute atomic E-state index is 3.70. The Bertz CT molecular complexity index is 158. The van der Waals surface area contributed by atoms with Crippen molar-refractivity contribution in [1.82, 2.24) is 15.5 Å². The molecule has 0 saturated carbocycles. The van der Waals surface area contributed by atoms with E-state index >= 15 is 0 Å². The molecule has 2 rings (SSSR count). The maximum Gasteiger partial charge on any atom is 0.0489 e. The topological polar surface area (TPSA) is 40.7 Å². The summed E-state index contributed by atoms with van der Waals surface area (Å²) >= 11 is 0. The molecule has 1 fully saturated rings. The molecule has 3 heteroatoms. The van der Waals surface area contributed by atoms with E-state index in [2.05, 4.69) is 15.5 Å². The van der Waals surface area contributed by atoms with Crippen molar-refractivity contribution in [3.8, 4) is 0 Å². The van der Waals surface area contributed by atoms with Crippen molar-refractivity contribution in [2.24, 2.45) is 0 Å². The molecule has 0 bridgehead atoms. The summed E-state index contributed by atoms with van der Waals surface area (Å²) in [5.74, 6) is 0. The Balaban J connectivity index is 0.000000112. The van der Waals surface area contributed by atoms with Crippen molar-refractivity contribution >= 4 is 0 Å². The van der Waals surface area contributed by atoms with Gasteiger partial charge in [-0.3, -0.25) is 5.10 Å². The number of rotatable bonds is 0. The lowest BCUT2D eigenvalue weighted by Crippen LogP contribution is -2.03. The van der Waals surface area contributed by atoms with E-state index in [0.717, 1.165) is 5.69 Å². The molecule has 1 aromatic heterocycles. The molecule has 0 amide bonds. The van der Waals surface area contributed by atoms with E-state index in [1.807, 2.05) is 13.0 Å². The van der Waals surface area contributed by atoms with Crippen molar-refractivity contribution in [3.63, 3.8) is 0 Å². The van der Waals surface area contributed by atoms with Gasteiger partial charge in [-0.1, -0.05) is 0 Å². The van der Waals surface area contributed by atoms with Gasteiger partial charge < -0.3 is 5.32 Å². The molecule has 1 saturated heterocycles. The van der Waals surface area contributed by atoms with E-state index in [4.69, 9.17) is 0 Å². The minimum atomic E-state index is 1.11. The number of hydrogen-bond donors (Lipinski definition) is 2. The first kappa shape index (κ1) is 8.27. The third kappa shape index (κ3) is 3.78. The fourth-order valence-corrected chi connectivity index (χ4v) is 0.950. The molecule has 3 nitrogen and oxygen atoms in total. The van der Waals surface area contributed by atoms with Gasteiger partial charge in [0.25, 0.3) is 0 Å². The lowest BCUT2D eigenvalue weighted by Gasteiger charge is -1.76. The summed E-state index contributed by atoms with van der Waals surface area (Å²) in [7, 11) is 0. The predicted octanol–water partition coefficient (Wildman–Crippen LogP) is 1.09. The highest BCUT2D eigenvalue weighted by Gasteiger charge is 1.93. The first-order valence-corrected chi connectivity index (χ1v) is 4.06. The number of hydrogen-bond acceptors (Lipinski definition) is 2. The SMILES string of the molecule is C1CCNC1.Cc1ccn[nH]1. The van der Waals surface area contributed by atoms with Crippen molar-refractivity contribution in [2.45, 2.75) is 19.8 Å². The summed E-state index contributed by atoms with van der Waals surface area (Å²) in [6, 6.07) is 1.92. The third-order valence-corrected chi connectivity index (χ3v) is 1.60. The summed E-state index contributed by atoms with van der Waals surface area (Å²) in [5.41, 5.74) is 1.11. The number of aryl methyl sites for hydroxylation is 1. The van der Waals surface area contributed by atoms with Crippen LogP contribution in [0.3, 0.4) is 0 Å². The first-order chi connectivity index (χ1) is 5.39. The van der Waals surface area contributed by atoms with Gasteiger partial charge >= 0.3 is 0 Å². The molecule has 0 atom stereocenters. The van der Waals surface area contributed by atoms with Crippen LogP contribution >= 0.6 is 0 Å². The lowest BCUT2D eigenvalue weighted by atomic mass is 10.4. The second kappa shape index (κ2) is 4.91. The predicted molar refractivity (Wildman–Crippen MR) is 45.4 cm³/mol. The van der Waals surface area contributed by atoms with E-state index in [-0.39, 0.29) is 0 Å². The molecule has 0 unspecified atom stereocenters. The summed E-state index contributed by atoms with van der Waals surface area (Å²) in [6.07, 6.45) is 4.51. The molecule has 2 N–H and O–H groups in total. The van der Waals surface area contributed by atoms with Gasteiger partial charge in [-0.05, 0) is 38.9 Å². The maximum atomic E-state index is 3.70. The summed E-state index contributed by atoms with van der Waals surface area (Å²) < 4.78 is 0. The van der Waals surface area contributed by atoms with E-state index in [1.165, 1.54) is 25.9 Å². The van der Waals surface area contributed by atoms with Crippen LogP contribution in [0, 0.1) is 6.92 Å². The highest BCUT2D eigenvalue weighted by Crippen LogP contribution is 1.90. The van der Waals surface area contributed by atoms with Crippen LogP contribution in [0.5, 0.6) is 0 Å². The van der Waals surface area contributed by atoms with Crippen LogP contribution in [-0.2, 0) is 0 Å². The van der Waals surface area contributed by atoms with E-state index in [9.17, 15) is 0 Å². The van der Waals surface area contributed by atoms with Crippen molar-refractivity contribution in [1.29, 1.82) is 0 Å². The average molecular weight is 153 g/mol. The zero-order chi connectivity index (χ0) is 7.94. The summed E-state index contributed by atoms with van der Waals surface area (Å²) in [4.78, 5) is 0. The van der Waals surface area contributed by atoms with Gasteiger partial charge in [-0.25, -0.2) is 0 Å². The van der Waals surface area contributed by atoms with Crippen LogP contribution in [0.15, 0.2) is 12.3 Å². The van der Waals surface area contributed by atoms with Crippen molar-refractivity contribution in [3.05, 3.63) is 18.0 Å². The largest absolute Gasteiger partial charge is 0.317 e. The molecule has 2 heterocycles. The normalized spacial score (nSPS) is 15.7. The molecule has 0 radical (unpaired) electrons. The van der Waals surface area contributed by atoms with Gasteiger partial charge in [0, 0.05) is 11.9 Å². The van der Waals surface area contributed by atoms with Crippen LogP contribution in [0.2, 0.25) is 0 Å². The number of aromatic amines is 1. The number of nitrogens with zero attached hydrogens (tertiary/aromatic N) is 1. The Kier molecular flexibility index (Phi) is 3.69. The van der Waals surface area contributed by atoms with Gasteiger partial charge in [-0.2, -0.15) is 5.10 Å². The van der Waals surface area contributed by atoms with Crippen LogP contribution in [0.1, 0.15) is 18.5 Å². The van der Waals surface area contributed by atoms with Crippen LogP contribution in [-0.4, -0.2) is 23.3 Å². The molecule has 0 aromatic carbocycles. The van der Waals surface area contributed by atoms with Gasteiger partial charge in [0.05, 0.1) is 0 Å². The number of nitrogens with one attached hydrogen (secondary N) is 2. The van der Waals surface area contributed by atoms with Crippen LogP contribution < -0.4 is 5.32 Å². The van der Waals surface area contributed by atoms with Gasteiger partial charge in [0.2, 0.25) is 0 Å². The fraction of sp³-hybridized carbons (Fsp3) is 0.625. The highest BCUT2D eigenvalue weighted by atomic mass is 15.1. The van der Waals surface area contributed by atoms with Crippen LogP contribution in [0.4, 0.5) is 0 Å². The Morgan fingerprint density at radius 1 is 1.36 bits per heavy atom. The zero-order valence-corrected chi connectivity index (χ0v) is 6.93. The molecule has 1 aliphatic heterocycles. The van der Waals surface area contributed by atoms with E-state index in [1.54, 1.807) is 6.20 Å². The Morgan fingerprint density at radius 3 is 2.27 bits per heavy atom. The third-order valence-electron chi connectivity index (χ3n) is 1.60. The number of H-pyrrole nitrogens is 1. The van der Waals surface area contributed by atoms with E-state index in [0.29, 0.717) is 0 Å². The first-order valence-electron chi connectivity index (χ1n) is 4.06. The molecule has 62 valence electrons. The summed E-state index contributed by atoms with van der Waals surface area (Å²) in [5, 5.41) is 9.67. The van der Waals surface area contributed by atoms with Crippen LogP contribution in [0.25, 0.3) is 0 Å². The van der Waals surface area contributed by atoms with Gasteiger partial charge in [-0.15, -0.1) is 0 Å². The second-order valence-corrected chi connectivity index (χ2v) is 2.70. The fourth-order valence-electron chi connectivity index (χ4n) is 0.950. The van der Waals surface area contributed by atoms with Crippen molar-refractivity contribution < 1.29 is 0 Å². The quantitative estimate of drug-likeness (QED) is 0.585. The van der Waals surface area contributed by atoms with Gasteiger partial charge in [0.1, 0.15) is 0 Å². The second-order valence-electron chi connectivity index (χ2n) is 2.70. The molecule has 0 aliphatic carbocycles. The highest BCUT2D eigenvalue weighted by molar-refractivity contribution is 4.91. The van der Waals surface area contributed by atoms with E-state index < -0.39 is 0 Å².